The van der Waals surface area contributed by atoms with Crippen molar-refractivity contribution >= 4 is 11.7 Å². The summed E-state index contributed by atoms with van der Waals surface area (Å²) in [6.45, 7) is 4.67. The second kappa shape index (κ2) is 5.14. The molecule has 2 aromatic rings. The number of anilines is 1. The van der Waals surface area contributed by atoms with Crippen LogP contribution in [0.15, 0.2) is 24.4 Å². The summed E-state index contributed by atoms with van der Waals surface area (Å²) in [4.78, 5) is 11.4. The lowest BCUT2D eigenvalue weighted by Gasteiger charge is -2.05. The number of carbonyl (C=O) groups excluding carboxylic acids is 1. The molecule has 0 aliphatic carbocycles. The first kappa shape index (κ1) is 13.1. The van der Waals surface area contributed by atoms with E-state index in [2.05, 4.69) is 28.0 Å². The zero-order valence-corrected chi connectivity index (χ0v) is 11.3. The molecule has 2 rings (SSSR count). The first-order chi connectivity index (χ1) is 8.99. The van der Waals surface area contributed by atoms with Crippen molar-refractivity contribution in [3.8, 4) is 0 Å². The van der Waals surface area contributed by atoms with E-state index in [4.69, 9.17) is 5.73 Å². The zero-order valence-electron chi connectivity index (χ0n) is 11.3. The van der Waals surface area contributed by atoms with Gasteiger partial charge >= 0.3 is 5.97 Å². The summed E-state index contributed by atoms with van der Waals surface area (Å²) < 4.78 is 6.27. The SMILES string of the molecule is COC(=O)c1nn(Cc2cc(C)cc(C)c2)cc1N. The molecule has 5 nitrogen and oxygen atoms in total. The predicted octanol–water partition coefficient (Wildman–Crippen LogP) is 1.92. The minimum absolute atomic E-state index is 0.159. The molecule has 1 aromatic heterocycles. The second-order valence-corrected chi connectivity index (χ2v) is 4.62. The molecule has 0 saturated heterocycles. The van der Waals surface area contributed by atoms with E-state index in [0.717, 1.165) is 5.56 Å². The average molecular weight is 259 g/mol. The molecule has 1 aromatic carbocycles. The third-order valence-corrected chi connectivity index (χ3v) is 2.79. The Morgan fingerprint density at radius 3 is 2.53 bits per heavy atom. The van der Waals surface area contributed by atoms with Crippen LogP contribution in [0.1, 0.15) is 27.2 Å². The van der Waals surface area contributed by atoms with Gasteiger partial charge in [0.2, 0.25) is 0 Å². The van der Waals surface area contributed by atoms with E-state index < -0.39 is 5.97 Å². The molecule has 19 heavy (non-hydrogen) atoms. The summed E-state index contributed by atoms with van der Waals surface area (Å²) in [6.07, 6.45) is 1.64. The quantitative estimate of drug-likeness (QED) is 0.855. The molecule has 0 unspecified atom stereocenters. The Kier molecular flexibility index (Phi) is 3.55. The molecule has 0 bridgehead atoms. The van der Waals surface area contributed by atoms with Crippen molar-refractivity contribution in [2.45, 2.75) is 20.4 Å². The van der Waals surface area contributed by atoms with Crippen molar-refractivity contribution in [2.24, 2.45) is 0 Å². The molecule has 0 radical (unpaired) electrons. The number of nitrogen functional groups attached to an aromatic ring is 1. The van der Waals surface area contributed by atoms with Crippen molar-refractivity contribution in [1.82, 2.24) is 9.78 Å². The number of carbonyl (C=O) groups is 1. The average Bonchev–Trinajstić information content (AvgIpc) is 2.68. The Hall–Kier alpha value is -2.30. The Morgan fingerprint density at radius 1 is 1.32 bits per heavy atom. The van der Waals surface area contributed by atoms with Crippen LogP contribution in [-0.4, -0.2) is 22.9 Å². The number of benzene rings is 1. The standard InChI is InChI=1S/C14H17N3O2/c1-9-4-10(2)6-11(5-9)7-17-8-12(15)13(16-17)14(18)19-3/h4-6,8H,7,15H2,1-3H3. The molecule has 0 saturated carbocycles. The summed E-state index contributed by atoms with van der Waals surface area (Å²) in [7, 11) is 1.31. The molecule has 2 N–H and O–H groups in total. The number of hydrogen-bond acceptors (Lipinski definition) is 4. The molecule has 0 aliphatic rings. The topological polar surface area (TPSA) is 70.1 Å². The summed E-state index contributed by atoms with van der Waals surface area (Å²) in [5.41, 5.74) is 9.75. The van der Waals surface area contributed by atoms with Crippen LogP contribution in [0.25, 0.3) is 0 Å². The van der Waals surface area contributed by atoms with Gasteiger partial charge in [0, 0.05) is 6.20 Å². The molecule has 0 aliphatic heterocycles. The van der Waals surface area contributed by atoms with E-state index >= 15 is 0 Å². The van der Waals surface area contributed by atoms with Gasteiger partial charge in [0.15, 0.2) is 5.69 Å². The number of aromatic nitrogens is 2. The first-order valence-electron chi connectivity index (χ1n) is 5.98. The zero-order chi connectivity index (χ0) is 14.0. The third-order valence-electron chi connectivity index (χ3n) is 2.79. The van der Waals surface area contributed by atoms with Crippen molar-refractivity contribution in [3.63, 3.8) is 0 Å². The van der Waals surface area contributed by atoms with Crippen LogP contribution in [-0.2, 0) is 11.3 Å². The largest absolute Gasteiger partial charge is 0.464 e. The lowest BCUT2D eigenvalue weighted by atomic mass is 10.1. The van der Waals surface area contributed by atoms with Crippen LogP contribution in [0.4, 0.5) is 5.69 Å². The fraction of sp³-hybridized carbons (Fsp3) is 0.286. The first-order valence-corrected chi connectivity index (χ1v) is 5.98. The summed E-state index contributed by atoms with van der Waals surface area (Å²) in [5.74, 6) is -0.517. The summed E-state index contributed by atoms with van der Waals surface area (Å²) in [5, 5.41) is 4.15. The summed E-state index contributed by atoms with van der Waals surface area (Å²) in [6, 6.07) is 6.28. The van der Waals surface area contributed by atoms with Crippen LogP contribution in [0.5, 0.6) is 0 Å². The van der Waals surface area contributed by atoms with Gasteiger partial charge in [-0.05, 0) is 19.4 Å². The fourth-order valence-electron chi connectivity index (χ4n) is 2.12. The minimum Gasteiger partial charge on any atom is -0.464 e. The van der Waals surface area contributed by atoms with Crippen LogP contribution in [0.2, 0.25) is 0 Å². The monoisotopic (exact) mass is 259 g/mol. The maximum Gasteiger partial charge on any atom is 0.360 e. The molecule has 5 heteroatoms. The Morgan fingerprint density at radius 2 is 1.95 bits per heavy atom. The van der Waals surface area contributed by atoms with Gasteiger partial charge < -0.3 is 10.5 Å². The normalized spacial score (nSPS) is 10.5. The molecule has 1 heterocycles. The second-order valence-electron chi connectivity index (χ2n) is 4.62. The molecule has 0 amide bonds. The number of nitrogens with two attached hydrogens (primary N) is 1. The molecule has 0 spiro atoms. The minimum atomic E-state index is -0.517. The van der Waals surface area contributed by atoms with Gasteiger partial charge in [0.25, 0.3) is 0 Å². The highest BCUT2D eigenvalue weighted by atomic mass is 16.5. The van der Waals surface area contributed by atoms with Gasteiger partial charge in [0.05, 0.1) is 19.3 Å². The smallest absolute Gasteiger partial charge is 0.360 e. The van der Waals surface area contributed by atoms with E-state index in [0.29, 0.717) is 12.2 Å². The maximum atomic E-state index is 11.4. The maximum absolute atomic E-state index is 11.4. The Bertz CT molecular complexity index is 597. The highest BCUT2D eigenvalue weighted by Gasteiger charge is 2.15. The number of ether oxygens (including phenoxy) is 1. The van der Waals surface area contributed by atoms with Gasteiger partial charge in [-0.3, -0.25) is 4.68 Å². The number of esters is 1. The van der Waals surface area contributed by atoms with Crippen LogP contribution >= 0.6 is 0 Å². The number of hydrogen-bond donors (Lipinski definition) is 1. The third kappa shape index (κ3) is 2.93. The number of rotatable bonds is 3. The van der Waals surface area contributed by atoms with E-state index in [1.807, 2.05) is 13.8 Å². The van der Waals surface area contributed by atoms with E-state index in [9.17, 15) is 4.79 Å². The molecular weight excluding hydrogens is 242 g/mol. The predicted molar refractivity (Wildman–Crippen MR) is 73.0 cm³/mol. The highest BCUT2D eigenvalue weighted by Crippen LogP contribution is 2.14. The van der Waals surface area contributed by atoms with Crippen molar-refractivity contribution < 1.29 is 9.53 Å². The van der Waals surface area contributed by atoms with Gasteiger partial charge in [-0.1, -0.05) is 29.3 Å². The fourth-order valence-corrected chi connectivity index (χ4v) is 2.12. The Labute approximate surface area is 112 Å². The molecule has 0 fully saturated rings. The number of aryl methyl sites for hydroxylation is 2. The van der Waals surface area contributed by atoms with Gasteiger partial charge in [0.1, 0.15) is 0 Å². The molecular formula is C14H17N3O2. The van der Waals surface area contributed by atoms with Crippen molar-refractivity contribution in [1.29, 1.82) is 0 Å². The van der Waals surface area contributed by atoms with E-state index in [1.165, 1.54) is 18.2 Å². The molecule has 0 atom stereocenters. The van der Waals surface area contributed by atoms with Crippen molar-refractivity contribution in [3.05, 3.63) is 46.8 Å². The Balaban J connectivity index is 2.26. The van der Waals surface area contributed by atoms with Crippen LogP contribution in [0, 0.1) is 13.8 Å². The van der Waals surface area contributed by atoms with Crippen LogP contribution in [0.3, 0.4) is 0 Å². The van der Waals surface area contributed by atoms with Gasteiger partial charge in [-0.25, -0.2) is 4.79 Å². The van der Waals surface area contributed by atoms with Gasteiger partial charge in [-0.2, -0.15) is 5.10 Å². The van der Waals surface area contributed by atoms with E-state index in [-0.39, 0.29) is 5.69 Å². The van der Waals surface area contributed by atoms with Crippen molar-refractivity contribution in [2.75, 3.05) is 12.8 Å². The number of methoxy groups -OCH3 is 1. The highest BCUT2D eigenvalue weighted by molar-refractivity contribution is 5.92. The number of nitrogens with zero attached hydrogens (tertiary/aromatic N) is 2. The summed E-state index contributed by atoms with van der Waals surface area (Å²) >= 11 is 0. The van der Waals surface area contributed by atoms with Crippen LogP contribution < -0.4 is 5.73 Å². The van der Waals surface area contributed by atoms with E-state index in [1.54, 1.807) is 10.9 Å². The lowest BCUT2D eigenvalue weighted by molar-refractivity contribution is 0.0594. The lowest BCUT2D eigenvalue weighted by Crippen LogP contribution is -2.07. The van der Waals surface area contributed by atoms with Gasteiger partial charge in [-0.15, -0.1) is 0 Å². The molecule has 100 valence electrons.